The van der Waals surface area contributed by atoms with E-state index in [2.05, 4.69) is 69.4 Å². The zero-order chi connectivity index (χ0) is 12.0. The lowest BCUT2D eigenvalue weighted by Gasteiger charge is -2.61. The summed E-state index contributed by atoms with van der Waals surface area (Å²) in [6.45, 7) is 20.5. The van der Waals surface area contributed by atoms with E-state index in [9.17, 15) is 0 Å². The molecule has 0 saturated heterocycles. The molecule has 0 aliphatic carbocycles. The fourth-order valence-electron chi connectivity index (χ4n) is 3.02. The highest BCUT2D eigenvalue weighted by Crippen LogP contribution is 2.42. The number of rotatable bonds is 0. The van der Waals surface area contributed by atoms with Gasteiger partial charge in [0.05, 0.1) is 16.6 Å². The molecule has 0 unspecified atom stereocenters. The van der Waals surface area contributed by atoms with E-state index in [1.807, 2.05) is 0 Å². The average molecular weight is 199 g/mol. The summed E-state index contributed by atoms with van der Waals surface area (Å²) in [5.74, 6) is 0. The van der Waals surface area contributed by atoms with Gasteiger partial charge in [0.15, 0.2) is 0 Å². The SMILES string of the molecule is [CH2][N+](C(C)(C)C)(C(C)(C)C)C(C)(C)C. The Hall–Kier alpha value is -0.0400. The van der Waals surface area contributed by atoms with Gasteiger partial charge in [-0.05, 0) is 62.3 Å². The van der Waals surface area contributed by atoms with E-state index in [1.54, 1.807) is 0 Å². The molecule has 0 aliphatic heterocycles. The standard InChI is InChI=1S/C13H29N/c1-11(2,3)14(10,12(4,5)6)13(7,8)9/h10H2,1-9H3/q+1. The van der Waals surface area contributed by atoms with Crippen molar-refractivity contribution in [2.75, 3.05) is 0 Å². The van der Waals surface area contributed by atoms with Gasteiger partial charge in [0, 0.05) is 0 Å². The van der Waals surface area contributed by atoms with E-state index in [1.165, 1.54) is 0 Å². The van der Waals surface area contributed by atoms with Gasteiger partial charge in [0.25, 0.3) is 0 Å². The Kier molecular flexibility index (Phi) is 3.22. The second-order valence-corrected chi connectivity index (χ2v) is 7.32. The molecule has 1 heteroatoms. The lowest BCUT2D eigenvalue weighted by Crippen LogP contribution is -2.73. The summed E-state index contributed by atoms with van der Waals surface area (Å²) in [4.78, 5) is 0. The number of hydrogen-bond donors (Lipinski definition) is 0. The molecule has 1 nitrogen and oxygen atoms in total. The quantitative estimate of drug-likeness (QED) is 0.517. The van der Waals surface area contributed by atoms with Crippen LogP contribution in [0.15, 0.2) is 0 Å². The summed E-state index contributed by atoms with van der Waals surface area (Å²) in [5.41, 5.74) is 0.448. The molecule has 0 aromatic rings. The monoisotopic (exact) mass is 199 g/mol. The molecule has 0 fully saturated rings. The molecule has 0 saturated carbocycles. The van der Waals surface area contributed by atoms with Crippen molar-refractivity contribution in [3.8, 4) is 0 Å². The van der Waals surface area contributed by atoms with Crippen LogP contribution in [0.25, 0.3) is 0 Å². The minimum absolute atomic E-state index is 0.149. The van der Waals surface area contributed by atoms with Crippen LogP contribution in [0.5, 0.6) is 0 Å². The lowest BCUT2D eigenvalue weighted by atomic mass is 9.83. The van der Waals surface area contributed by atoms with E-state index in [4.69, 9.17) is 0 Å². The van der Waals surface area contributed by atoms with Crippen molar-refractivity contribution >= 4 is 0 Å². The maximum absolute atomic E-state index is 4.52. The molecule has 0 N–H and O–H groups in total. The zero-order valence-corrected chi connectivity index (χ0v) is 11.7. The highest BCUT2D eigenvalue weighted by Gasteiger charge is 2.53. The predicted molar refractivity (Wildman–Crippen MR) is 64.9 cm³/mol. The lowest BCUT2D eigenvalue weighted by molar-refractivity contribution is -1.01. The first-order valence-electron chi connectivity index (χ1n) is 5.49. The van der Waals surface area contributed by atoms with Crippen LogP contribution < -0.4 is 0 Å². The average Bonchev–Trinajstić information content (AvgIpc) is 1.77. The summed E-state index contributed by atoms with van der Waals surface area (Å²) in [6.07, 6.45) is 0. The van der Waals surface area contributed by atoms with Crippen LogP contribution in [-0.4, -0.2) is 21.1 Å². The number of quaternary nitrogens is 1. The van der Waals surface area contributed by atoms with Gasteiger partial charge in [-0.3, -0.25) is 0 Å². The van der Waals surface area contributed by atoms with E-state index < -0.39 is 0 Å². The zero-order valence-electron chi connectivity index (χ0n) is 11.7. The Morgan fingerprint density at radius 2 is 0.714 bits per heavy atom. The van der Waals surface area contributed by atoms with Gasteiger partial charge in [0.2, 0.25) is 0 Å². The first-order chi connectivity index (χ1) is 5.75. The molecule has 0 aliphatic rings. The molecular weight excluding hydrogens is 170 g/mol. The van der Waals surface area contributed by atoms with Crippen LogP contribution in [0, 0.1) is 7.05 Å². The highest BCUT2D eigenvalue weighted by molar-refractivity contribution is 4.81. The third-order valence-electron chi connectivity index (χ3n) is 3.44. The van der Waals surface area contributed by atoms with Gasteiger partial charge in [-0.25, -0.2) is 0 Å². The molecule has 0 aromatic carbocycles. The summed E-state index contributed by atoms with van der Waals surface area (Å²) >= 11 is 0. The first kappa shape index (κ1) is 14.0. The van der Waals surface area contributed by atoms with Gasteiger partial charge in [-0.2, -0.15) is 0 Å². The van der Waals surface area contributed by atoms with Crippen LogP contribution in [0.4, 0.5) is 0 Å². The maximum atomic E-state index is 4.52. The minimum Gasteiger partial charge on any atom is -0.306 e. The first-order valence-corrected chi connectivity index (χ1v) is 5.49. The number of nitrogens with zero attached hydrogens (tertiary/aromatic N) is 1. The maximum Gasteiger partial charge on any atom is 0.130 e. The van der Waals surface area contributed by atoms with E-state index in [-0.39, 0.29) is 16.6 Å². The molecule has 0 atom stereocenters. The van der Waals surface area contributed by atoms with Crippen molar-refractivity contribution in [3.63, 3.8) is 0 Å². The van der Waals surface area contributed by atoms with Gasteiger partial charge in [-0.15, -0.1) is 0 Å². The molecule has 0 amide bonds. The topological polar surface area (TPSA) is 0 Å². The third-order valence-corrected chi connectivity index (χ3v) is 3.44. The van der Waals surface area contributed by atoms with Gasteiger partial charge < -0.3 is 4.48 Å². The van der Waals surface area contributed by atoms with Crippen molar-refractivity contribution in [2.45, 2.75) is 78.9 Å². The van der Waals surface area contributed by atoms with Crippen LogP contribution >= 0.6 is 0 Å². The highest BCUT2D eigenvalue weighted by atomic mass is 15.5. The van der Waals surface area contributed by atoms with Crippen molar-refractivity contribution in [2.24, 2.45) is 0 Å². The third kappa shape index (κ3) is 1.98. The van der Waals surface area contributed by atoms with Gasteiger partial charge >= 0.3 is 0 Å². The molecule has 0 bridgehead atoms. The van der Waals surface area contributed by atoms with Gasteiger partial charge in [0.1, 0.15) is 7.05 Å². The Balaban J connectivity index is 5.54. The fourth-order valence-corrected chi connectivity index (χ4v) is 3.02. The summed E-state index contributed by atoms with van der Waals surface area (Å²) in [7, 11) is 4.52. The van der Waals surface area contributed by atoms with Crippen molar-refractivity contribution in [3.05, 3.63) is 7.05 Å². The van der Waals surface area contributed by atoms with Crippen molar-refractivity contribution < 1.29 is 4.48 Å². The second kappa shape index (κ2) is 3.23. The van der Waals surface area contributed by atoms with Crippen molar-refractivity contribution in [1.29, 1.82) is 0 Å². The largest absolute Gasteiger partial charge is 0.306 e. The Labute approximate surface area is 91.1 Å². The molecule has 0 spiro atoms. The molecular formula is C13H29N+. The minimum atomic E-state index is 0.149. The summed E-state index contributed by atoms with van der Waals surface area (Å²) in [6, 6.07) is 0. The van der Waals surface area contributed by atoms with Crippen LogP contribution in [0.3, 0.4) is 0 Å². The fraction of sp³-hybridized carbons (Fsp3) is 0.923. The second-order valence-electron chi connectivity index (χ2n) is 7.32. The Bertz CT molecular complexity index is 159. The van der Waals surface area contributed by atoms with Crippen LogP contribution in [-0.2, 0) is 0 Å². The smallest absolute Gasteiger partial charge is 0.130 e. The molecule has 1 radical (unpaired) electrons. The molecule has 85 valence electrons. The Morgan fingerprint density at radius 1 is 0.571 bits per heavy atom. The van der Waals surface area contributed by atoms with Crippen LogP contribution in [0.1, 0.15) is 62.3 Å². The van der Waals surface area contributed by atoms with E-state index in [0.29, 0.717) is 0 Å². The number of hydrogen-bond acceptors (Lipinski definition) is 0. The molecule has 0 rings (SSSR count). The van der Waals surface area contributed by atoms with Crippen molar-refractivity contribution in [1.82, 2.24) is 0 Å². The van der Waals surface area contributed by atoms with E-state index >= 15 is 0 Å². The Morgan fingerprint density at radius 3 is 0.714 bits per heavy atom. The van der Waals surface area contributed by atoms with E-state index in [0.717, 1.165) is 4.48 Å². The molecule has 0 aromatic heterocycles. The summed E-state index contributed by atoms with van der Waals surface area (Å²) < 4.78 is 0.812. The normalized spacial score (nSPS) is 15.9. The summed E-state index contributed by atoms with van der Waals surface area (Å²) in [5, 5.41) is 0. The van der Waals surface area contributed by atoms with Gasteiger partial charge in [-0.1, -0.05) is 0 Å². The molecule has 14 heavy (non-hydrogen) atoms. The molecule has 0 heterocycles. The van der Waals surface area contributed by atoms with Crippen LogP contribution in [0.2, 0.25) is 0 Å². The predicted octanol–water partition coefficient (Wildman–Crippen LogP) is 3.99.